The van der Waals surface area contributed by atoms with Crippen molar-refractivity contribution < 1.29 is 23.2 Å². The molecule has 0 unspecified atom stereocenters. The van der Waals surface area contributed by atoms with E-state index in [9.17, 15) is 18.8 Å². The van der Waals surface area contributed by atoms with E-state index in [1.165, 1.54) is 24.3 Å². The van der Waals surface area contributed by atoms with Crippen molar-refractivity contribution in [3.05, 3.63) is 75.6 Å². The first kappa shape index (κ1) is 20.9. The highest BCUT2D eigenvalue weighted by molar-refractivity contribution is 8.18. The van der Waals surface area contributed by atoms with Gasteiger partial charge in [0, 0.05) is 24.0 Å². The number of imide groups is 1. The Bertz CT molecular complexity index is 1230. The summed E-state index contributed by atoms with van der Waals surface area (Å²) in [6.07, 6.45) is 1.54. The number of hydrogen-bond acceptors (Lipinski definition) is 5. The van der Waals surface area contributed by atoms with E-state index in [2.05, 4.69) is 5.32 Å². The number of para-hydroxylation sites is 1. The number of nitrogens with one attached hydrogen (secondary N) is 1. The normalized spacial score (nSPS) is 15.3. The molecule has 0 atom stereocenters. The minimum absolute atomic E-state index is 0.0372. The number of aryl methyl sites for hydroxylation is 2. The number of hydrogen-bond donors (Lipinski definition) is 1. The zero-order valence-electron chi connectivity index (χ0n) is 16.9. The van der Waals surface area contributed by atoms with Crippen molar-refractivity contribution >= 4 is 45.9 Å². The molecule has 0 aliphatic carbocycles. The molecule has 4 rings (SSSR count). The highest BCUT2D eigenvalue weighted by atomic mass is 32.2. The number of rotatable bonds is 5. The third kappa shape index (κ3) is 4.11. The predicted octanol–water partition coefficient (Wildman–Crippen LogP) is 4.66. The van der Waals surface area contributed by atoms with Crippen LogP contribution in [0.25, 0.3) is 17.0 Å². The second kappa shape index (κ2) is 8.39. The smallest absolute Gasteiger partial charge is 0.293 e. The number of carbonyl (C=O) groups excluding carboxylic acids is 3. The molecule has 2 aromatic carbocycles. The molecule has 1 fully saturated rings. The molecule has 1 aliphatic heterocycles. The fourth-order valence-electron chi connectivity index (χ4n) is 3.37. The molecule has 0 saturated carbocycles. The molecule has 1 aliphatic rings. The number of thioether (sulfide) groups is 1. The molecule has 0 bridgehead atoms. The topological polar surface area (TPSA) is 79.6 Å². The lowest BCUT2D eigenvalue weighted by Gasteiger charge is -2.12. The van der Waals surface area contributed by atoms with Crippen molar-refractivity contribution in [2.75, 3.05) is 13.1 Å². The zero-order valence-corrected chi connectivity index (χ0v) is 17.7. The van der Waals surface area contributed by atoms with Crippen molar-refractivity contribution in [2.24, 2.45) is 0 Å². The molecule has 2 heterocycles. The molecule has 6 nitrogen and oxygen atoms in total. The highest BCUT2D eigenvalue weighted by Crippen LogP contribution is 2.32. The lowest BCUT2D eigenvalue weighted by atomic mass is 10.1. The van der Waals surface area contributed by atoms with Gasteiger partial charge in [0.1, 0.15) is 11.4 Å². The average Bonchev–Trinajstić information content (AvgIpc) is 3.22. The molecule has 8 heteroatoms. The summed E-state index contributed by atoms with van der Waals surface area (Å²) in [5.41, 5.74) is 2.97. The highest BCUT2D eigenvalue weighted by Gasteiger charge is 2.34. The maximum Gasteiger partial charge on any atom is 0.293 e. The van der Waals surface area contributed by atoms with E-state index in [4.69, 9.17) is 4.42 Å². The van der Waals surface area contributed by atoms with Crippen LogP contribution in [-0.2, 0) is 4.79 Å². The summed E-state index contributed by atoms with van der Waals surface area (Å²) in [4.78, 5) is 38.7. The number of fused-ring (bicyclic) bond motifs is 1. The van der Waals surface area contributed by atoms with Crippen LogP contribution in [0.1, 0.15) is 27.2 Å². The van der Waals surface area contributed by atoms with Gasteiger partial charge in [-0.3, -0.25) is 19.3 Å². The van der Waals surface area contributed by atoms with E-state index in [1.54, 1.807) is 6.08 Å². The first-order valence-corrected chi connectivity index (χ1v) is 10.4. The Morgan fingerprint density at radius 3 is 2.61 bits per heavy atom. The van der Waals surface area contributed by atoms with E-state index >= 15 is 0 Å². The Hall–Kier alpha value is -3.39. The molecule has 3 aromatic rings. The zero-order chi connectivity index (χ0) is 22.1. The van der Waals surface area contributed by atoms with Gasteiger partial charge in [-0.15, -0.1) is 0 Å². The van der Waals surface area contributed by atoms with E-state index in [-0.39, 0.29) is 29.6 Å². The molecule has 0 radical (unpaired) electrons. The molecule has 1 saturated heterocycles. The molecule has 3 amide bonds. The number of halogens is 1. The van der Waals surface area contributed by atoms with Crippen LogP contribution >= 0.6 is 11.8 Å². The van der Waals surface area contributed by atoms with Gasteiger partial charge in [0.15, 0.2) is 5.76 Å². The van der Waals surface area contributed by atoms with Crippen LogP contribution in [0.3, 0.4) is 0 Å². The molecular formula is C23H19FN2O4S. The molecule has 158 valence electrons. The predicted molar refractivity (Wildman–Crippen MR) is 117 cm³/mol. The molecular weight excluding hydrogens is 419 g/mol. The van der Waals surface area contributed by atoms with E-state index in [0.717, 1.165) is 33.2 Å². The van der Waals surface area contributed by atoms with Crippen LogP contribution in [0.15, 0.2) is 51.8 Å². The summed E-state index contributed by atoms with van der Waals surface area (Å²) in [6.45, 7) is 3.86. The summed E-state index contributed by atoms with van der Waals surface area (Å²) in [7, 11) is 0. The Morgan fingerprint density at radius 1 is 1.16 bits per heavy atom. The van der Waals surface area contributed by atoms with Crippen molar-refractivity contribution in [2.45, 2.75) is 13.8 Å². The van der Waals surface area contributed by atoms with Crippen LogP contribution in [0.2, 0.25) is 0 Å². The van der Waals surface area contributed by atoms with E-state index in [0.29, 0.717) is 11.1 Å². The minimum Gasteiger partial charge on any atom is -0.450 e. The number of amides is 3. The van der Waals surface area contributed by atoms with Gasteiger partial charge in [-0.2, -0.15) is 0 Å². The Labute approximate surface area is 182 Å². The summed E-state index contributed by atoms with van der Waals surface area (Å²) in [5.74, 6) is -1.00. The van der Waals surface area contributed by atoms with Crippen LogP contribution in [0, 0.1) is 19.7 Å². The van der Waals surface area contributed by atoms with Crippen molar-refractivity contribution in [1.82, 2.24) is 10.2 Å². The lowest BCUT2D eigenvalue weighted by molar-refractivity contribution is -0.122. The van der Waals surface area contributed by atoms with Crippen LogP contribution < -0.4 is 5.32 Å². The Kier molecular flexibility index (Phi) is 5.65. The Morgan fingerprint density at radius 2 is 1.90 bits per heavy atom. The van der Waals surface area contributed by atoms with Gasteiger partial charge >= 0.3 is 0 Å². The minimum atomic E-state index is -0.441. The van der Waals surface area contributed by atoms with Gasteiger partial charge in [-0.1, -0.05) is 30.3 Å². The number of benzene rings is 2. The Balaban J connectivity index is 1.40. The monoisotopic (exact) mass is 438 g/mol. The van der Waals surface area contributed by atoms with Gasteiger partial charge in [-0.25, -0.2) is 4.39 Å². The quantitative estimate of drug-likeness (QED) is 0.587. The molecule has 31 heavy (non-hydrogen) atoms. The van der Waals surface area contributed by atoms with Gasteiger partial charge in [0.2, 0.25) is 0 Å². The number of furan rings is 1. The van der Waals surface area contributed by atoms with Gasteiger partial charge in [0.05, 0.1) is 4.91 Å². The van der Waals surface area contributed by atoms with Crippen molar-refractivity contribution in [3.8, 4) is 0 Å². The van der Waals surface area contributed by atoms with Crippen molar-refractivity contribution in [1.29, 1.82) is 0 Å². The van der Waals surface area contributed by atoms with E-state index < -0.39 is 17.1 Å². The summed E-state index contributed by atoms with van der Waals surface area (Å²) >= 11 is 0.817. The molecule has 0 spiro atoms. The van der Waals surface area contributed by atoms with Gasteiger partial charge in [-0.05, 0) is 54.9 Å². The fraction of sp³-hybridized carbons (Fsp3) is 0.174. The second-order valence-corrected chi connectivity index (χ2v) is 8.14. The van der Waals surface area contributed by atoms with Gasteiger partial charge < -0.3 is 9.73 Å². The van der Waals surface area contributed by atoms with Crippen LogP contribution in [0.4, 0.5) is 9.18 Å². The second-order valence-electron chi connectivity index (χ2n) is 7.15. The molecule has 1 aromatic heterocycles. The largest absolute Gasteiger partial charge is 0.450 e. The average molecular weight is 438 g/mol. The standard InChI is InChI=1S/C23H19FN2O4S/c1-13-4-3-5-17-14(2)20(30-19(13)17)21(27)25-10-11-26-22(28)18(31-23(26)29)12-15-6-8-16(24)9-7-15/h3-9,12H,10-11H2,1-2H3,(H,25,27)/b18-12+. The fourth-order valence-corrected chi connectivity index (χ4v) is 4.23. The SMILES string of the molecule is Cc1c(C(=O)NCCN2C(=O)S/C(=C/c3ccc(F)cc3)C2=O)oc2c(C)cccc12. The van der Waals surface area contributed by atoms with Crippen LogP contribution in [0.5, 0.6) is 0 Å². The van der Waals surface area contributed by atoms with Crippen LogP contribution in [-0.4, -0.2) is 35.0 Å². The van der Waals surface area contributed by atoms with E-state index in [1.807, 2.05) is 32.0 Å². The number of carbonyl (C=O) groups is 3. The van der Waals surface area contributed by atoms with Crippen molar-refractivity contribution in [3.63, 3.8) is 0 Å². The lowest BCUT2D eigenvalue weighted by Crippen LogP contribution is -2.37. The summed E-state index contributed by atoms with van der Waals surface area (Å²) < 4.78 is 18.8. The summed E-state index contributed by atoms with van der Waals surface area (Å²) in [6, 6.07) is 11.3. The maximum atomic E-state index is 13.0. The number of nitrogens with zero attached hydrogens (tertiary/aromatic N) is 1. The van der Waals surface area contributed by atoms with Gasteiger partial charge in [0.25, 0.3) is 17.1 Å². The third-order valence-electron chi connectivity index (χ3n) is 5.03. The first-order chi connectivity index (χ1) is 14.8. The summed E-state index contributed by atoms with van der Waals surface area (Å²) in [5, 5.41) is 3.17. The maximum absolute atomic E-state index is 13.0. The molecule has 1 N–H and O–H groups in total. The third-order valence-corrected chi connectivity index (χ3v) is 5.94. The first-order valence-electron chi connectivity index (χ1n) is 9.63.